The summed E-state index contributed by atoms with van der Waals surface area (Å²) in [4.78, 5) is 11.6. The molecule has 1 aliphatic rings. The van der Waals surface area contributed by atoms with Crippen LogP contribution in [0.5, 0.6) is 0 Å². The van der Waals surface area contributed by atoms with Gasteiger partial charge in [0.2, 0.25) is 11.7 Å². The Bertz CT molecular complexity index is 456. The number of carbonyl (C=O) groups is 1. The molecule has 0 aromatic heterocycles. The Morgan fingerprint density at radius 1 is 1.22 bits per heavy atom. The van der Waals surface area contributed by atoms with Crippen LogP contribution in [0.2, 0.25) is 0 Å². The zero-order valence-electron chi connectivity index (χ0n) is 11.0. The van der Waals surface area contributed by atoms with Crippen molar-refractivity contribution in [1.29, 1.82) is 0 Å². The molecule has 0 atom stereocenters. The summed E-state index contributed by atoms with van der Waals surface area (Å²) in [5, 5.41) is 0. The summed E-state index contributed by atoms with van der Waals surface area (Å²) < 4.78 is 11.7. The molecular weight excluding hydrogens is 230 g/mol. The summed E-state index contributed by atoms with van der Waals surface area (Å²) in [7, 11) is 0. The summed E-state index contributed by atoms with van der Waals surface area (Å²) in [6.45, 7) is 7.11. The van der Waals surface area contributed by atoms with Crippen LogP contribution in [0.1, 0.15) is 36.7 Å². The normalized spacial score (nSPS) is 18.8. The van der Waals surface area contributed by atoms with Gasteiger partial charge in [-0.05, 0) is 6.07 Å². The molecule has 2 rings (SSSR count). The monoisotopic (exact) mass is 249 g/mol. The maximum atomic E-state index is 11.6. The van der Waals surface area contributed by atoms with E-state index in [0.29, 0.717) is 24.3 Å². The fourth-order valence-corrected chi connectivity index (χ4v) is 2.39. The van der Waals surface area contributed by atoms with Crippen molar-refractivity contribution >= 4 is 5.91 Å². The molecule has 0 spiro atoms. The summed E-state index contributed by atoms with van der Waals surface area (Å²) in [5.41, 5.74) is 6.30. The Morgan fingerprint density at radius 2 is 1.78 bits per heavy atom. The van der Waals surface area contributed by atoms with Gasteiger partial charge in [0, 0.05) is 16.5 Å². The van der Waals surface area contributed by atoms with Crippen molar-refractivity contribution in [2.45, 2.75) is 26.6 Å². The lowest BCUT2D eigenvalue weighted by Gasteiger charge is -2.40. The predicted octanol–water partition coefficient (Wildman–Crippen LogP) is 2.03. The second-order valence-electron chi connectivity index (χ2n) is 5.47. The quantitative estimate of drug-likeness (QED) is 0.872. The summed E-state index contributed by atoms with van der Waals surface area (Å²) in [6.07, 6.45) is 0. The van der Waals surface area contributed by atoms with Gasteiger partial charge in [0.05, 0.1) is 13.2 Å². The van der Waals surface area contributed by atoms with Crippen LogP contribution in [0.3, 0.4) is 0 Å². The maximum absolute atomic E-state index is 11.6. The largest absolute Gasteiger partial charge is 0.366 e. The number of nitrogens with two attached hydrogens (primary N) is 1. The van der Waals surface area contributed by atoms with E-state index in [0.717, 1.165) is 0 Å². The number of hydrogen-bond donors (Lipinski definition) is 1. The van der Waals surface area contributed by atoms with Gasteiger partial charge in [-0.25, -0.2) is 0 Å². The highest BCUT2D eigenvalue weighted by Gasteiger charge is 2.50. The highest BCUT2D eigenvalue weighted by molar-refractivity contribution is 5.94. The molecule has 1 fully saturated rings. The Kier molecular flexibility index (Phi) is 3.17. The molecule has 0 aliphatic carbocycles. The van der Waals surface area contributed by atoms with Gasteiger partial charge < -0.3 is 15.2 Å². The molecule has 1 amide bonds. The van der Waals surface area contributed by atoms with E-state index >= 15 is 0 Å². The smallest absolute Gasteiger partial charge is 0.249 e. The molecule has 0 saturated carbocycles. The van der Waals surface area contributed by atoms with Crippen molar-refractivity contribution in [2.75, 3.05) is 13.2 Å². The molecule has 0 unspecified atom stereocenters. The molecule has 1 aromatic rings. The molecule has 0 radical (unpaired) electrons. The zero-order valence-corrected chi connectivity index (χ0v) is 11.0. The van der Waals surface area contributed by atoms with Crippen LogP contribution in [0, 0.1) is 5.41 Å². The molecule has 0 bridgehead atoms. The van der Waals surface area contributed by atoms with E-state index < -0.39 is 11.7 Å². The van der Waals surface area contributed by atoms with E-state index in [1.807, 2.05) is 32.9 Å². The highest BCUT2D eigenvalue weighted by Crippen LogP contribution is 2.47. The van der Waals surface area contributed by atoms with E-state index in [1.54, 1.807) is 12.1 Å². The maximum Gasteiger partial charge on any atom is 0.249 e. The van der Waals surface area contributed by atoms with E-state index in [2.05, 4.69) is 0 Å². The van der Waals surface area contributed by atoms with Crippen molar-refractivity contribution in [3.63, 3.8) is 0 Å². The highest BCUT2D eigenvalue weighted by atomic mass is 16.7. The van der Waals surface area contributed by atoms with Gasteiger partial charge in [0.15, 0.2) is 0 Å². The van der Waals surface area contributed by atoms with Gasteiger partial charge in [-0.3, -0.25) is 4.79 Å². The molecule has 18 heavy (non-hydrogen) atoms. The van der Waals surface area contributed by atoms with Gasteiger partial charge in [-0.15, -0.1) is 0 Å². The predicted molar refractivity (Wildman–Crippen MR) is 68.0 cm³/mol. The lowest BCUT2D eigenvalue weighted by atomic mass is 9.79. The molecule has 1 heterocycles. The van der Waals surface area contributed by atoms with Crippen molar-refractivity contribution < 1.29 is 14.3 Å². The number of carbonyl (C=O) groups excluding carboxylic acids is 1. The molecule has 98 valence electrons. The third-order valence-electron chi connectivity index (χ3n) is 3.23. The first-order valence-corrected chi connectivity index (χ1v) is 6.06. The minimum atomic E-state index is -0.904. The minimum Gasteiger partial charge on any atom is -0.366 e. The number of primary amides is 1. The second kappa shape index (κ2) is 4.37. The van der Waals surface area contributed by atoms with Crippen LogP contribution in [0.25, 0.3) is 0 Å². The molecule has 1 saturated heterocycles. The van der Waals surface area contributed by atoms with Crippen LogP contribution >= 0.6 is 0 Å². The number of ether oxygens (including phenoxy) is 2. The molecular formula is C14H19NO3. The van der Waals surface area contributed by atoms with Crippen molar-refractivity contribution in [3.8, 4) is 0 Å². The van der Waals surface area contributed by atoms with Crippen LogP contribution in [0.4, 0.5) is 0 Å². The SMILES string of the molecule is CC(C)(C)C1(c2ccccc2C(N)=O)OCCO1. The van der Waals surface area contributed by atoms with Gasteiger partial charge in [0.25, 0.3) is 0 Å². The lowest BCUT2D eigenvalue weighted by molar-refractivity contribution is -0.232. The first-order valence-electron chi connectivity index (χ1n) is 6.06. The first-order chi connectivity index (χ1) is 8.38. The number of rotatable bonds is 2. The summed E-state index contributed by atoms with van der Waals surface area (Å²) in [6, 6.07) is 7.20. The van der Waals surface area contributed by atoms with Crippen molar-refractivity contribution in [3.05, 3.63) is 35.4 Å². The Labute approximate surface area is 107 Å². The molecule has 2 N–H and O–H groups in total. The fourth-order valence-electron chi connectivity index (χ4n) is 2.39. The van der Waals surface area contributed by atoms with Crippen molar-refractivity contribution in [2.24, 2.45) is 11.1 Å². The Morgan fingerprint density at radius 3 is 2.28 bits per heavy atom. The Hall–Kier alpha value is -1.39. The molecule has 1 aromatic carbocycles. The Balaban J connectivity index is 2.61. The lowest BCUT2D eigenvalue weighted by Crippen LogP contribution is -2.42. The van der Waals surface area contributed by atoms with Crippen LogP contribution in [-0.2, 0) is 15.3 Å². The minimum absolute atomic E-state index is 0.297. The number of amides is 1. The summed E-state index contributed by atoms with van der Waals surface area (Å²) >= 11 is 0. The molecule has 1 aliphatic heterocycles. The van der Waals surface area contributed by atoms with Gasteiger partial charge in [0.1, 0.15) is 0 Å². The summed E-state index contributed by atoms with van der Waals surface area (Å²) in [5.74, 6) is -1.37. The van der Waals surface area contributed by atoms with E-state index in [-0.39, 0.29) is 5.41 Å². The standard InChI is InChI=1S/C14H19NO3/c1-13(2,3)14(17-8-9-18-14)11-7-5-4-6-10(11)12(15)16/h4-7H,8-9H2,1-3H3,(H2,15,16). The zero-order chi connectivity index (χ0) is 13.4. The van der Waals surface area contributed by atoms with E-state index in [4.69, 9.17) is 15.2 Å². The second-order valence-corrected chi connectivity index (χ2v) is 5.47. The number of benzene rings is 1. The molecule has 4 heteroatoms. The van der Waals surface area contributed by atoms with Gasteiger partial charge >= 0.3 is 0 Å². The average molecular weight is 249 g/mol. The van der Waals surface area contributed by atoms with Crippen LogP contribution in [0.15, 0.2) is 24.3 Å². The van der Waals surface area contributed by atoms with Crippen LogP contribution in [-0.4, -0.2) is 19.1 Å². The van der Waals surface area contributed by atoms with Crippen LogP contribution < -0.4 is 5.73 Å². The average Bonchev–Trinajstić information content (AvgIpc) is 2.78. The first kappa shape index (κ1) is 13.1. The topological polar surface area (TPSA) is 61.6 Å². The number of hydrogen-bond acceptors (Lipinski definition) is 3. The van der Waals surface area contributed by atoms with Crippen molar-refractivity contribution in [1.82, 2.24) is 0 Å². The van der Waals surface area contributed by atoms with Gasteiger partial charge in [-0.1, -0.05) is 39.0 Å². The third kappa shape index (κ3) is 1.91. The third-order valence-corrected chi connectivity index (χ3v) is 3.23. The fraction of sp³-hybridized carbons (Fsp3) is 0.500. The van der Waals surface area contributed by atoms with E-state index in [9.17, 15) is 4.79 Å². The van der Waals surface area contributed by atoms with Gasteiger partial charge in [-0.2, -0.15) is 0 Å². The van der Waals surface area contributed by atoms with E-state index in [1.165, 1.54) is 0 Å². The molecule has 4 nitrogen and oxygen atoms in total.